The summed E-state index contributed by atoms with van der Waals surface area (Å²) >= 11 is 1.39. The van der Waals surface area contributed by atoms with E-state index in [0.717, 1.165) is 5.56 Å². The smallest absolute Gasteiger partial charge is 0.295 e. The molecule has 1 radical (unpaired) electrons. The minimum Gasteiger partial charge on any atom is -0.412 e. The van der Waals surface area contributed by atoms with Gasteiger partial charge in [0.25, 0.3) is 16.3 Å². The number of hydrogen-bond donors (Lipinski definition) is 0. The number of benzene rings is 1. The van der Waals surface area contributed by atoms with Crippen molar-refractivity contribution in [1.29, 1.82) is 0 Å². The van der Waals surface area contributed by atoms with Gasteiger partial charge in [0, 0.05) is 0 Å². The quantitative estimate of drug-likeness (QED) is 0.638. The van der Waals surface area contributed by atoms with E-state index in [1.165, 1.54) is 21.9 Å². The Bertz CT molecular complexity index is 309. The molecular formula is C11H16AlO2. The third kappa shape index (κ3) is 3.27. The lowest BCUT2D eigenvalue weighted by Crippen LogP contribution is -2.11. The van der Waals surface area contributed by atoms with Crippen molar-refractivity contribution in [2.24, 2.45) is 0 Å². The fraction of sp³-hybridized carbons (Fsp3) is 0.364. The van der Waals surface area contributed by atoms with Gasteiger partial charge < -0.3 is 10.3 Å². The normalized spacial score (nSPS) is 10.5. The Morgan fingerprint density at radius 3 is 1.86 bits per heavy atom. The van der Waals surface area contributed by atoms with Gasteiger partial charge in [-0.3, -0.25) is 0 Å². The summed E-state index contributed by atoms with van der Waals surface area (Å²) in [4.78, 5) is 11.0. The molecule has 0 atom stereocenters. The molecule has 0 fully saturated rings. The first-order valence-corrected chi connectivity index (χ1v) is 5.09. The van der Waals surface area contributed by atoms with Crippen molar-refractivity contribution in [2.75, 3.05) is 0 Å². The molecule has 2 nitrogen and oxygen atoms in total. The van der Waals surface area contributed by atoms with Crippen molar-refractivity contribution in [1.82, 2.24) is 0 Å². The Hall–Kier alpha value is -0.618. The average molecular weight is 207 g/mol. The second kappa shape index (κ2) is 4.75. The predicted octanol–water partition coefficient (Wildman–Crippen LogP) is 1.20. The molecule has 0 spiro atoms. The fourth-order valence-electron chi connectivity index (χ4n) is 1.16. The first-order chi connectivity index (χ1) is 5.91. The summed E-state index contributed by atoms with van der Waals surface area (Å²) in [7, 11) is 0. The second-order valence-corrected chi connectivity index (χ2v) is 4.89. The Morgan fingerprint density at radius 1 is 1.14 bits per heavy atom. The van der Waals surface area contributed by atoms with Crippen LogP contribution < -0.4 is 0 Å². The summed E-state index contributed by atoms with van der Waals surface area (Å²) in [5.74, 6) is 0. The van der Waals surface area contributed by atoms with Crippen LogP contribution in [0.25, 0.3) is 0 Å². The molecule has 2 N–H and O–H groups in total. The number of carbonyl (C=O) groups excluding carboxylic acids is 1. The third-order valence-corrected chi connectivity index (χ3v) is 2.48. The summed E-state index contributed by atoms with van der Waals surface area (Å²) in [6, 6.07) is 7.86. The highest BCUT2D eigenvalue weighted by atomic mass is 27.0. The van der Waals surface area contributed by atoms with Crippen LogP contribution in [0.1, 0.15) is 36.7 Å². The van der Waals surface area contributed by atoms with Gasteiger partial charge in [-0.15, -0.1) is 0 Å². The summed E-state index contributed by atoms with van der Waals surface area (Å²) in [6.07, 6.45) is 0. The number of rotatable bonds is 1. The van der Waals surface area contributed by atoms with Crippen LogP contribution in [0.3, 0.4) is 0 Å². The van der Waals surface area contributed by atoms with Crippen molar-refractivity contribution < 1.29 is 10.3 Å². The molecule has 75 valence electrons. The van der Waals surface area contributed by atoms with E-state index in [-0.39, 0.29) is 15.5 Å². The maximum absolute atomic E-state index is 11.0. The summed E-state index contributed by atoms with van der Waals surface area (Å²) < 4.78 is 0.153. The van der Waals surface area contributed by atoms with Gasteiger partial charge in [-0.05, 0) is 16.5 Å². The van der Waals surface area contributed by atoms with E-state index in [9.17, 15) is 4.79 Å². The Labute approximate surface area is 93.1 Å². The monoisotopic (exact) mass is 207 g/mol. The maximum atomic E-state index is 11.0. The van der Waals surface area contributed by atoms with E-state index in [0.29, 0.717) is 0 Å². The topological polar surface area (TPSA) is 48.6 Å². The first kappa shape index (κ1) is 13.4. The molecule has 0 unspecified atom stereocenters. The summed E-state index contributed by atoms with van der Waals surface area (Å²) in [5, 5.41) is 0. The van der Waals surface area contributed by atoms with Crippen molar-refractivity contribution in [3.63, 3.8) is 0 Å². The molecule has 0 bridgehead atoms. The Morgan fingerprint density at radius 2 is 1.57 bits per heavy atom. The van der Waals surface area contributed by atoms with E-state index >= 15 is 0 Å². The molecule has 0 aromatic heterocycles. The van der Waals surface area contributed by atoms with Crippen molar-refractivity contribution in [2.45, 2.75) is 26.2 Å². The van der Waals surface area contributed by atoms with E-state index in [1.807, 2.05) is 24.3 Å². The Kier molecular flexibility index (Phi) is 4.54. The molecule has 0 saturated heterocycles. The molecule has 0 aliphatic rings. The van der Waals surface area contributed by atoms with E-state index < -0.39 is 0 Å². The van der Waals surface area contributed by atoms with Crippen molar-refractivity contribution in [3.8, 4) is 0 Å². The minimum atomic E-state index is 0. The summed E-state index contributed by atoms with van der Waals surface area (Å²) in [5.41, 5.74) is 2.23. The molecule has 0 aliphatic heterocycles. The average Bonchev–Trinajstić information content (AvgIpc) is 2.03. The van der Waals surface area contributed by atoms with Crippen LogP contribution in [-0.2, 0) is 5.41 Å². The zero-order valence-corrected chi connectivity index (χ0v) is 10.3. The van der Waals surface area contributed by atoms with Gasteiger partial charge in [-0.25, -0.2) is 0 Å². The van der Waals surface area contributed by atoms with E-state index in [2.05, 4.69) is 20.8 Å². The van der Waals surface area contributed by atoms with Crippen LogP contribution in [-0.4, -0.2) is 26.4 Å². The van der Waals surface area contributed by atoms with Gasteiger partial charge in [-0.2, -0.15) is 0 Å². The highest BCUT2D eigenvalue weighted by Crippen LogP contribution is 2.21. The SMILES string of the molecule is CC(C)(C)c1ccc([C](=O)[AlH])cc1.O. The number of carbonyl (C=O) groups is 1. The van der Waals surface area contributed by atoms with Gasteiger partial charge in [0.15, 0.2) is 0 Å². The highest BCUT2D eigenvalue weighted by molar-refractivity contribution is 6.62. The zero-order chi connectivity index (χ0) is 10.1. The van der Waals surface area contributed by atoms with Crippen LogP contribution in [0.5, 0.6) is 0 Å². The molecule has 1 aromatic rings. The minimum absolute atomic E-state index is 0. The molecule has 3 heteroatoms. The Balaban J connectivity index is 0.00000169. The van der Waals surface area contributed by atoms with Gasteiger partial charge in [0.1, 0.15) is 0 Å². The maximum Gasteiger partial charge on any atom is 0.295 e. The van der Waals surface area contributed by atoms with Gasteiger partial charge in [0.05, 0.1) is 4.65 Å². The van der Waals surface area contributed by atoms with Gasteiger partial charge in [-0.1, -0.05) is 45.0 Å². The standard InChI is InChI=1S/C11H13O.Al.H2O.H/c1-11(2,3)10-6-4-9(8-12)5-7-10;;;/h4-7H,1-3H3;;1H2;. The van der Waals surface area contributed by atoms with Crippen LogP contribution in [0.15, 0.2) is 24.3 Å². The third-order valence-electron chi connectivity index (χ3n) is 2.07. The second-order valence-electron chi connectivity index (χ2n) is 4.25. The molecule has 0 saturated carbocycles. The molecule has 0 aliphatic carbocycles. The van der Waals surface area contributed by atoms with Crippen molar-refractivity contribution in [3.05, 3.63) is 35.4 Å². The molecule has 1 rings (SSSR count). The predicted molar refractivity (Wildman–Crippen MR) is 60.2 cm³/mol. The lowest BCUT2D eigenvalue weighted by Gasteiger charge is -2.18. The zero-order valence-electron chi connectivity index (χ0n) is 8.92. The first-order valence-electron chi connectivity index (χ1n) is 4.38. The van der Waals surface area contributed by atoms with Crippen LogP contribution in [0.2, 0.25) is 0 Å². The molecule has 14 heavy (non-hydrogen) atoms. The van der Waals surface area contributed by atoms with Crippen molar-refractivity contribution >= 4 is 20.9 Å². The molecule has 0 amide bonds. The molecule has 1 aromatic carbocycles. The van der Waals surface area contributed by atoms with Gasteiger partial charge >= 0.3 is 0 Å². The highest BCUT2D eigenvalue weighted by Gasteiger charge is 2.12. The number of hydrogen-bond acceptors (Lipinski definition) is 1. The van der Waals surface area contributed by atoms with Crippen LogP contribution >= 0.6 is 0 Å². The van der Waals surface area contributed by atoms with Crippen LogP contribution in [0, 0.1) is 0 Å². The van der Waals surface area contributed by atoms with Gasteiger partial charge in [0.2, 0.25) is 0 Å². The van der Waals surface area contributed by atoms with E-state index in [1.54, 1.807) is 0 Å². The van der Waals surface area contributed by atoms with E-state index in [4.69, 9.17) is 0 Å². The molecular weight excluding hydrogens is 191 g/mol. The lowest BCUT2D eigenvalue weighted by atomic mass is 9.87. The largest absolute Gasteiger partial charge is 0.412 e. The van der Waals surface area contributed by atoms with Crippen LogP contribution in [0.4, 0.5) is 0 Å². The lowest BCUT2D eigenvalue weighted by molar-refractivity contribution is 0.108. The molecule has 0 heterocycles. The fourth-order valence-corrected chi connectivity index (χ4v) is 1.39. The summed E-state index contributed by atoms with van der Waals surface area (Å²) in [6.45, 7) is 6.49.